The van der Waals surface area contributed by atoms with Gasteiger partial charge in [-0.1, -0.05) is 60.3 Å². The van der Waals surface area contributed by atoms with Crippen LogP contribution < -0.4 is 4.90 Å². The molecule has 0 saturated carbocycles. The van der Waals surface area contributed by atoms with E-state index < -0.39 is 0 Å². The molecule has 2 aliphatic heterocycles. The van der Waals surface area contributed by atoms with E-state index in [0.29, 0.717) is 6.42 Å². The molecule has 110 valence electrons. The Kier molecular flexibility index (Phi) is 3.47. The quantitative estimate of drug-likeness (QED) is 0.803. The first-order chi connectivity index (χ1) is 10.8. The van der Waals surface area contributed by atoms with Gasteiger partial charge in [0.1, 0.15) is 0 Å². The Morgan fingerprint density at radius 3 is 2.68 bits per heavy atom. The number of amidine groups is 1. The van der Waals surface area contributed by atoms with Crippen molar-refractivity contribution >= 4 is 28.5 Å². The minimum absolute atomic E-state index is 0.0213. The number of benzene rings is 2. The number of nitrogens with zero attached hydrogens (tertiary/aromatic N) is 2. The molecule has 0 fully saturated rings. The molecular formula is C18H16N2OS. The number of fused-ring (bicyclic) bond motifs is 1. The number of anilines is 1. The van der Waals surface area contributed by atoms with E-state index in [9.17, 15) is 4.79 Å². The van der Waals surface area contributed by atoms with Crippen molar-refractivity contribution < 1.29 is 4.79 Å². The summed E-state index contributed by atoms with van der Waals surface area (Å²) in [6, 6.07) is 18.6. The fourth-order valence-corrected chi connectivity index (χ4v) is 4.27. The summed E-state index contributed by atoms with van der Waals surface area (Å²) in [6.45, 7) is 0.903. The van der Waals surface area contributed by atoms with E-state index in [-0.39, 0.29) is 11.2 Å². The highest BCUT2D eigenvalue weighted by Crippen LogP contribution is 2.40. The molecule has 0 aliphatic carbocycles. The van der Waals surface area contributed by atoms with Crippen LogP contribution in [0, 0.1) is 0 Å². The first kappa shape index (κ1) is 13.6. The highest BCUT2D eigenvalue weighted by atomic mass is 32.2. The van der Waals surface area contributed by atoms with Crippen LogP contribution in [0.15, 0.2) is 59.6 Å². The summed E-state index contributed by atoms with van der Waals surface area (Å²) in [6.07, 6.45) is 1.49. The zero-order valence-electron chi connectivity index (χ0n) is 12.1. The van der Waals surface area contributed by atoms with E-state index in [0.717, 1.165) is 18.1 Å². The Bertz CT molecular complexity index is 742. The summed E-state index contributed by atoms with van der Waals surface area (Å²) in [5, 5.41) is 1.00. The standard InChI is InChI=1S/C18H16N2OS/c21-17-12-16(14-7-2-1-3-8-14)22-18(19-17)20-11-10-13-6-4-5-9-15(13)20/h1-9,16H,10-12H2/t16-/m1/s1. The summed E-state index contributed by atoms with van der Waals surface area (Å²) < 4.78 is 0. The van der Waals surface area contributed by atoms with Gasteiger partial charge in [-0.3, -0.25) is 4.79 Å². The zero-order chi connectivity index (χ0) is 14.9. The maximum Gasteiger partial charge on any atom is 0.249 e. The first-order valence-electron chi connectivity index (χ1n) is 7.50. The maximum atomic E-state index is 12.1. The number of hydrogen-bond donors (Lipinski definition) is 0. The van der Waals surface area contributed by atoms with Crippen molar-refractivity contribution in [2.45, 2.75) is 18.1 Å². The van der Waals surface area contributed by atoms with Crippen LogP contribution in [0.25, 0.3) is 0 Å². The number of rotatable bonds is 1. The lowest BCUT2D eigenvalue weighted by Gasteiger charge is -2.27. The predicted molar refractivity (Wildman–Crippen MR) is 91.3 cm³/mol. The number of carbonyl (C=O) groups excluding carboxylic acids is 1. The highest BCUT2D eigenvalue weighted by Gasteiger charge is 2.30. The third-order valence-electron chi connectivity index (χ3n) is 4.12. The molecule has 4 heteroatoms. The lowest BCUT2D eigenvalue weighted by atomic mass is 10.1. The first-order valence-corrected chi connectivity index (χ1v) is 8.38. The fraction of sp³-hybridized carbons (Fsp3) is 0.222. The van der Waals surface area contributed by atoms with Crippen molar-refractivity contribution in [2.75, 3.05) is 11.4 Å². The molecule has 2 aliphatic rings. The third-order valence-corrected chi connectivity index (χ3v) is 5.36. The average molecular weight is 308 g/mol. The second-order valence-corrected chi connectivity index (χ2v) is 6.71. The van der Waals surface area contributed by atoms with Crippen LogP contribution in [0.1, 0.15) is 22.8 Å². The molecule has 0 spiro atoms. The SMILES string of the molecule is O=C1C[C@H](c2ccccc2)SC(N2CCc3ccccc32)=N1. The van der Waals surface area contributed by atoms with E-state index in [1.54, 1.807) is 11.8 Å². The Hall–Kier alpha value is -2.07. The summed E-state index contributed by atoms with van der Waals surface area (Å²) in [4.78, 5) is 18.6. The lowest BCUT2D eigenvalue weighted by Crippen LogP contribution is -2.30. The molecule has 1 amide bonds. The molecule has 2 aromatic rings. The Morgan fingerprint density at radius 2 is 1.82 bits per heavy atom. The summed E-state index contributed by atoms with van der Waals surface area (Å²) >= 11 is 1.70. The van der Waals surface area contributed by atoms with Crippen molar-refractivity contribution in [3.63, 3.8) is 0 Å². The van der Waals surface area contributed by atoms with Gasteiger partial charge in [0.15, 0.2) is 5.17 Å². The molecular weight excluding hydrogens is 292 g/mol. The van der Waals surface area contributed by atoms with Crippen LogP contribution in [-0.4, -0.2) is 17.6 Å². The normalized spacial score (nSPS) is 20.7. The van der Waals surface area contributed by atoms with Gasteiger partial charge in [0, 0.05) is 23.9 Å². The summed E-state index contributed by atoms with van der Waals surface area (Å²) in [5.74, 6) is -0.0213. The second kappa shape index (κ2) is 5.61. The third kappa shape index (κ3) is 2.44. The molecule has 2 aromatic carbocycles. The monoisotopic (exact) mass is 308 g/mol. The van der Waals surface area contributed by atoms with E-state index in [2.05, 4.69) is 40.2 Å². The predicted octanol–water partition coefficient (Wildman–Crippen LogP) is 3.81. The van der Waals surface area contributed by atoms with E-state index in [1.165, 1.54) is 16.8 Å². The Balaban J connectivity index is 1.64. The molecule has 0 aromatic heterocycles. The number of carbonyl (C=O) groups is 1. The van der Waals surface area contributed by atoms with Gasteiger partial charge in [0.25, 0.3) is 0 Å². The number of thioether (sulfide) groups is 1. The van der Waals surface area contributed by atoms with Crippen molar-refractivity contribution in [3.8, 4) is 0 Å². The van der Waals surface area contributed by atoms with E-state index >= 15 is 0 Å². The van der Waals surface area contributed by atoms with Gasteiger partial charge < -0.3 is 4.90 Å². The molecule has 0 saturated heterocycles. The minimum atomic E-state index is -0.0213. The summed E-state index contributed by atoms with van der Waals surface area (Å²) in [5.41, 5.74) is 3.72. The van der Waals surface area contributed by atoms with E-state index in [1.807, 2.05) is 24.3 Å². The van der Waals surface area contributed by atoms with Gasteiger partial charge in [0.2, 0.25) is 5.91 Å². The van der Waals surface area contributed by atoms with Crippen molar-refractivity contribution in [1.29, 1.82) is 0 Å². The van der Waals surface area contributed by atoms with E-state index in [4.69, 9.17) is 0 Å². The van der Waals surface area contributed by atoms with Crippen molar-refractivity contribution in [3.05, 3.63) is 65.7 Å². The number of aliphatic imine (C=N–C) groups is 1. The van der Waals surface area contributed by atoms with Gasteiger partial charge in [-0.25, -0.2) is 0 Å². The highest BCUT2D eigenvalue weighted by molar-refractivity contribution is 8.14. The fourth-order valence-electron chi connectivity index (χ4n) is 3.02. The van der Waals surface area contributed by atoms with Gasteiger partial charge in [-0.15, -0.1) is 0 Å². The van der Waals surface area contributed by atoms with Crippen LogP contribution >= 0.6 is 11.8 Å². The summed E-state index contributed by atoms with van der Waals surface area (Å²) in [7, 11) is 0. The Labute approximate surface area is 134 Å². The van der Waals surface area contributed by atoms with Crippen molar-refractivity contribution in [2.24, 2.45) is 4.99 Å². The Morgan fingerprint density at radius 1 is 1.05 bits per heavy atom. The van der Waals surface area contributed by atoms with Crippen LogP contribution in [0.2, 0.25) is 0 Å². The maximum absolute atomic E-state index is 12.1. The van der Waals surface area contributed by atoms with Gasteiger partial charge in [-0.05, 0) is 23.6 Å². The molecule has 22 heavy (non-hydrogen) atoms. The second-order valence-electron chi connectivity index (χ2n) is 5.54. The zero-order valence-corrected chi connectivity index (χ0v) is 12.9. The average Bonchev–Trinajstić information content (AvgIpc) is 2.99. The number of para-hydroxylation sites is 1. The lowest BCUT2D eigenvalue weighted by molar-refractivity contribution is -0.117. The number of amides is 1. The van der Waals surface area contributed by atoms with Crippen LogP contribution in [-0.2, 0) is 11.2 Å². The largest absolute Gasteiger partial charge is 0.320 e. The molecule has 3 nitrogen and oxygen atoms in total. The van der Waals surface area contributed by atoms with Gasteiger partial charge in [-0.2, -0.15) is 4.99 Å². The molecule has 0 unspecified atom stereocenters. The van der Waals surface area contributed by atoms with Crippen LogP contribution in [0.5, 0.6) is 0 Å². The smallest absolute Gasteiger partial charge is 0.249 e. The molecule has 0 N–H and O–H groups in total. The molecule has 1 atom stereocenters. The topological polar surface area (TPSA) is 32.7 Å². The van der Waals surface area contributed by atoms with Crippen molar-refractivity contribution in [1.82, 2.24) is 0 Å². The minimum Gasteiger partial charge on any atom is -0.320 e. The molecule has 0 radical (unpaired) electrons. The molecule has 0 bridgehead atoms. The van der Waals surface area contributed by atoms with Gasteiger partial charge >= 0.3 is 0 Å². The van der Waals surface area contributed by atoms with Crippen LogP contribution in [0.4, 0.5) is 5.69 Å². The van der Waals surface area contributed by atoms with Gasteiger partial charge in [0.05, 0.1) is 0 Å². The van der Waals surface area contributed by atoms with Crippen LogP contribution in [0.3, 0.4) is 0 Å². The molecule has 4 rings (SSSR count). The number of hydrogen-bond acceptors (Lipinski definition) is 3. The molecule has 2 heterocycles.